The van der Waals surface area contributed by atoms with Gasteiger partial charge in [0.2, 0.25) is 0 Å². The molecule has 0 radical (unpaired) electrons. The molecule has 0 saturated carbocycles. The van der Waals surface area contributed by atoms with E-state index in [0.29, 0.717) is 5.41 Å². The summed E-state index contributed by atoms with van der Waals surface area (Å²) in [6.45, 7) is 11.9. The van der Waals surface area contributed by atoms with Crippen LogP contribution >= 0.6 is 11.8 Å². The lowest BCUT2D eigenvalue weighted by Gasteiger charge is -2.28. The molecule has 0 bridgehead atoms. The highest BCUT2D eigenvalue weighted by Crippen LogP contribution is 2.50. The fourth-order valence-corrected chi connectivity index (χ4v) is 3.39. The fraction of sp³-hybridized carbons (Fsp3) is 1.00. The van der Waals surface area contributed by atoms with Crippen molar-refractivity contribution in [3.05, 3.63) is 0 Å². The summed E-state index contributed by atoms with van der Waals surface area (Å²) in [7, 11) is 0. The second-order valence-electron chi connectivity index (χ2n) is 4.09. The largest absolute Gasteiger partial charge is 0.155 e. The molecule has 0 aliphatic carbocycles. The zero-order valence-corrected chi connectivity index (χ0v) is 8.46. The Morgan fingerprint density at radius 2 is 1.60 bits per heavy atom. The van der Waals surface area contributed by atoms with Gasteiger partial charge in [-0.2, -0.15) is 11.8 Å². The Hall–Kier alpha value is 0.350. The molecule has 1 aliphatic rings. The van der Waals surface area contributed by atoms with Gasteiger partial charge in [-0.05, 0) is 11.3 Å². The van der Waals surface area contributed by atoms with Crippen molar-refractivity contribution < 1.29 is 0 Å². The molecule has 3 unspecified atom stereocenters. The molecule has 10 heavy (non-hydrogen) atoms. The summed E-state index contributed by atoms with van der Waals surface area (Å²) in [5.74, 6) is 0.868. The van der Waals surface area contributed by atoms with Crippen LogP contribution in [0.15, 0.2) is 0 Å². The lowest BCUT2D eigenvalue weighted by atomic mass is 9.77. The number of hydrogen-bond donors (Lipinski definition) is 0. The minimum atomic E-state index is 0.546. The highest BCUT2D eigenvalue weighted by Gasteiger charge is 2.42. The summed E-state index contributed by atoms with van der Waals surface area (Å²) in [6.07, 6.45) is 0. The molecule has 1 heterocycles. The second-order valence-corrected chi connectivity index (χ2v) is 5.82. The third-order valence-electron chi connectivity index (χ3n) is 3.34. The Balaban J connectivity index is 2.75. The van der Waals surface area contributed by atoms with Crippen LogP contribution in [-0.4, -0.2) is 10.5 Å². The third kappa shape index (κ3) is 1.09. The van der Waals surface area contributed by atoms with Gasteiger partial charge in [-0.15, -0.1) is 0 Å². The molecule has 1 rings (SSSR count). The van der Waals surface area contributed by atoms with Gasteiger partial charge in [-0.3, -0.25) is 0 Å². The normalized spacial score (nSPS) is 45.9. The molecule has 3 atom stereocenters. The summed E-state index contributed by atoms with van der Waals surface area (Å²) in [4.78, 5) is 0. The average molecular weight is 158 g/mol. The molecule has 1 heteroatoms. The Kier molecular flexibility index (Phi) is 2.06. The number of thioether (sulfide) groups is 1. The maximum atomic E-state index is 2.39. The van der Waals surface area contributed by atoms with E-state index in [-0.39, 0.29) is 0 Å². The van der Waals surface area contributed by atoms with Crippen LogP contribution in [0, 0.1) is 11.3 Å². The summed E-state index contributed by atoms with van der Waals surface area (Å²) in [6, 6.07) is 0. The number of rotatable bonds is 0. The Morgan fingerprint density at radius 1 is 1.10 bits per heavy atom. The first-order chi connectivity index (χ1) is 4.46. The van der Waals surface area contributed by atoms with Gasteiger partial charge in [-0.1, -0.05) is 34.6 Å². The number of hydrogen-bond acceptors (Lipinski definition) is 1. The van der Waals surface area contributed by atoms with Crippen LogP contribution in [0.1, 0.15) is 34.6 Å². The van der Waals surface area contributed by atoms with E-state index in [1.807, 2.05) is 0 Å². The van der Waals surface area contributed by atoms with Crippen LogP contribution < -0.4 is 0 Å². The predicted octanol–water partition coefficient (Wildman–Crippen LogP) is 3.17. The van der Waals surface area contributed by atoms with Crippen molar-refractivity contribution in [2.24, 2.45) is 11.3 Å². The van der Waals surface area contributed by atoms with Gasteiger partial charge in [0, 0.05) is 10.5 Å². The van der Waals surface area contributed by atoms with Crippen LogP contribution in [0.4, 0.5) is 0 Å². The molecule has 0 nitrogen and oxygen atoms in total. The maximum absolute atomic E-state index is 2.39. The van der Waals surface area contributed by atoms with Gasteiger partial charge >= 0.3 is 0 Å². The highest BCUT2D eigenvalue weighted by molar-refractivity contribution is 8.00. The van der Waals surface area contributed by atoms with Gasteiger partial charge < -0.3 is 0 Å². The predicted molar refractivity (Wildman–Crippen MR) is 49.5 cm³/mol. The molecule has 0 amide bonds. The first-order valence-corrected chi connectivity index (χ1v) is 5.06. The van der Waals surface area contributed by atoms with Crippen molar-refractivity contribution in [3.8, 4) is 0 Å². The van der Waals surface area contributed by atoms with Crippen LogP contribution in [0.3, 0.4) is 0 Å². The first kappa shape index (κ1) is 8.45. The Bertz CT molecular complexity index is 129. The van der Waals surface area contributed by atoms with Gasteiger partial charge in [0.25, 0.3) is 0 Å². The van der Waals surface area contributed by atoms with Crippen LogP contribution in [0.25, 0.3) is 0 Å². The molecule has 1 aliphatic heterocycles. The fourth-order valence-electron chi connectivity index (χ4n) is 1.59. The first-order valence-electron chi connectivity index (χ1n) is 4.11. The van der Waals surface area contributed by atoms with E-state index in [4.69, 9.17) is 0 Å². The molecule has 0 aromatic heterocycles. The monoisotopic (exact) mass is 158 g/mol. The molecule has 1 saturated heterocycles. The van der Waals surface area contributed by atoms with E-state index in [2.05, 4.69) is 46.4 Å². The lowest BCUT2D eigenvalue weighted by Crippen LogP contribution is -2.26. The smallest absolute Gasteiger partial charge is 0.00756 e. The van der Waals surface area contributed by atoms with E-state index in [1.165, 1.54) is 0 Å². The van der Waals surface area contributed by atoms with Crippen molar-refractivity contribution in [2.75, 3.05) is 0 Å². The summed E-state index contributed by atoms with van der Waals surface area (Å²) in [5, 5.41) is 1.68. The van der Waals surface area contributed by atoms with E-state index in [1.54, 1.807) is 0 Å². The van der Waals surface area contributed by atoms with Gasteiger partial charge in [0.15, 0.2) is 0 Å². The maximum Gasteiger partial charge on any atom is 0.00756 e. The standard InChI is InChI=1S/C9H18S/c1-6-7(2)10-8(3)9(6,4)5/h6-8H,1-5H3. The van der Waals surface area contributed by atoms with Crippen LogP contribution in [-0.2, 0) is 0 Å². The second kappa shape index (κ2) is 2.44. The van der Waals surface area contributed by atoms with E-state index in [0.717, 1.165) is 16.4 Å². The molecular formula is C9H18S. The Labute approximate surface area is 68.8 Å². The topological polar surface area (TPSA) is 0 Å². The minimum absolute atomic E-state index is 0.546. The molecular weight excluding hydrogens is 140 g/mol. The van der Waals surface area contributed by atoms with Gasteiger partial charge in [0.1, 0.15) is 0 Å². The van der Waals surface area contributed by atoms with Gasteiger partial charge in [0.05, 0.1) is 0 Å². The van der Waals surface area contributed by atoms with Crippen LogP contribution in [0.5, 0.6) is 0 Å². The van der Waals surface area contributed by atoms with E-state index >= 15 is 0 Å². The molecule has 0 aromatic rings. The molecule has 0 spiro atoms. The molecule has 0 aromatic carbocycles. The third-order valence-corrected chi connectivity index (χ3v) is 5.20. The minimum Gasteiger partial charge on any atom is -0.155 e. The molecule has 0 N–H and O–H groups in total. The zero-order valence-electron chi connectivity index (χ0n) is 7.64. The molecule has 1 fully saturated rings. The zero-order chi connectivity index (χ0) is 7.94. The highest BCUT2D eigenvalue weighted by atomic mass is 32.2. The summed E-state index contributed by atoms with van der Waals surface area (Å²) < 4.78 is 0. The summed E-state index contributed by atoms with van der Waals surface area (Å²) in [5.41, 5.74) is 0.546. The van der Waals surface area contributed by atoms with Crippen molar-refractivity contribution >= 4 is 11.8 Å². The molecule has 60 valence electrons. The van der Waals surface area contributed by atoms with Crippen molar-refractivity contribution in [2.45, 2.75) is 45.1 Å². The quantitative estimate of drug-likeness (QED) is 0.522. The van der Waals surface area contributed by atoms with E-state index < -0.39 is 0 Å². The van der Waals surface area contributed by atoms with Crippen LogP contribution in [0.2, 0.25) is 0 Å². The van der Waals surface area contributed by atoms with Crippen molar-refractivity contribution in [1.29, 1.82) is 0 Å². The van der Waals surface area contributed by atoms with Crippen molar-refractivity contribution in [1.82, 2.24) is 0 Å². The lowest BCUT2D eigenvalue weighted by molar-refractivity contribution is 0.252. The van der Waals surface area contributed by atoms with Gasteiger partial charge in [-0.25, -0.2) is 0 Å². The average Bonchev–Trinajstić information content (AvgIpc) is 1.97. The Morgan fingerprint density at radius 3 is 1.70 bits per heavy atom. The summed E-state index contributed by atoms with van der Waals surface area (Å²) >= 11 is 2.14. The van der Waals surface area contributed by atoms with Crippen molar-refractivity contribution in [3.63, 3.8) is 0 Å². The SMILES string of the molecule is CC1SC(C)C(C)(C)C1C. The van der Waals surface area contributed by atoms with E-state index in [9.17, 15) is 0 Å².